The van der Waals surface area contributed by atoms with Gasteiger partial charge in [0.15, 0.2) is 0 Å². The topological polar surface area (TPSA) is 26.3 Å². The van der Waals surface area contributed by atoms with E-state index in [1.165, 1.54) is 12.7 Å². The van der Waals surface area contributed by atoms with E-state index in [1.54, 1.807) is 0 Å². The molecule has 0 N–H and O–H groups in total. The number of methoxy groups -OCH3 is 1. The standard InChI is InChI=1S/C18H28O2S/c1-11(2)14-8-15(12(3)4)17(16(9-14)13(5)6)18(19)21-10-20-7/h8-9,11-13H,10H2,1-7H3/i10D. The van der Waals surface area contributed by atoms with E-state index in [1.807, 2.05) is 0 Å². The molecule has 1 aromatic rings. The average molecular weight is 309 g/mol. The molecule has 1 aromatic carbocycles. The second-order valence-corrected chi connectivity index (χ2v) is 7.07. The van der Waals surface area contributed by atoms with Gasteiger partial charge in [-0.1, -0.05) is 65.4 Å². The lowest BCUT2D eigenvalue weighted by molar-refractivity contribution is 0.108. The lowest BCUT2D eigenvalue weighted by Crippen LogP contribution is -2.10. The number of carbonyl (C=O) groups excluding carboxylic acids is 1. The van der Waals surface area contributed by atoms with Gasteiger partial charge in [0.25, 0.3) is 0 Å². The first-order chi connectivity index (χ1) is 10.2. The van der Waals surface area contributed by atoms with Gasteiger partial charge in [-0.05, 0) is 34.4 Å². The zero-order chi connectivity index (χ0) is 17.0. The smallest absolute Gasteiger partial charge is 0.222 e. The Kier molecular flexibility index (Phi) is 6.31. The van der Waals surface area contributed by atoms with Crippen molar-refractivity contribution in [1.82, 2.24) is 0 Å². The summed E-state index contributed by atoms with van der Waals surface area (Å²) >= 11 is 0.936. The second-order valence-electron chi connectivity index (χ2n) is 6.28. The largest absolute Gasteiger partial charge is 0.374 e. The summed E-state index contributed by atoms with van der Waals surface area (Å²) in [4.78, 5) is 12.7. The molecule has 0 fully saturated rings. The summed E-state index contributed by atoms with van der Waals surface area (Å²) in [6.45, 7) is 12.8. The Morgan fingerprint density at radius 2 is 1.57 bits per heavy atom. The van der Waals surface area contributed by atoms with Crippen molar-refractivity contribution in [2.75, 3.05) is 13.0 Å². The molecule has 3 heteroatoms. The highest BCUT2D eigenvalue weighted by atomic mass is 32.2. The van der Waals surface area contributed by atoms with E-state index in [0.29, 0.717) is 5.92 Å². The van der Waals surface area contributed by atoms with E-state index >= 15 is 0 Å². The number of thioether (sulfide) groups is 1. The van der Waals surface area contributed by atoms with Gasteiger partial charge in [-0.15, -0.1) is 0 Å². The maximum absolute atomic E-state index is 12.7. The lowest BCUT2D eigenvalue weighted by Gasteiger charge is -2.21. The molecule has 0 saturated heterocycles. The van der Waals surface area contributed by atoms with Crippen molar-refractivity contribution in [1.29, 1.82) is 0 Å². The van der Waals surface area contributed by atoms with Gasteiger partial charge < -0.3 is 4.74 Å². The van der Waals surface area contributed by atoms with Crippen LogP contribution in [0.25, 0.3) is 0 Å². The van der Waals surface area contributed by atoms with Crippen molar-refractivity contribution in [3.05, 3.63) is 34.4 Å². The van der Waals surface area contributed by atoms with E-state index in [0.717, 1.165) is 28.5 Å². The van der Waals surface area contributed by atoms with E-state index in [9.17, 15) is 4.79 Å². The fourth-order valence-corrected chi connectivity index (χ4v) is 2.88. The third-order valence-corrected chi connectivity index (χ3v) is 4.29. The van der Waals surface area contributed by atoms with Crippen molar-refractivity contribution < 1.29 is 10.9 Å². The average Bonchev–Trinajstić information content (AvgIpc) is 2.44. The molecule has 0 bridgehead atoms. The molecular weight excluding hydrogens is 280 g/mol. The molecule has 0 aromatic heterocycles. The summed E-state index contributed by atoms with van der Waals surface area (Å²) in [5, 5.41) is -0.0652. The summed E-state index contributed by atoms with van der Waals surface area (Å²) in [5.41, 5.74) is 4.20. The summed E-state index contributed by atoms with van der Waals surface area (Å²) in [5.74, 6) is 0.0805. The van der Waals surface area contributed by atoms with Crippen molar-refractivity contribution in [2.24, 2.45) is 0 Å². The minimum atomic E-state index is -0.878. The Hall–Kier alpha value is -0.800. The summed E-state index contributed by atoms with van der Waals surface area (Å²) in [6, 6.07) is 4.31. The van der Waals surface area contributed by atoms with Crippen LogP contribution in [0.5, 0.6) is 0 Å². The van der Waals surface area contributed by atoms with Gasteiger partial charge in [0.2, 0.25) is 5.12 Å². The molecule has 0 radical (unpaired) electrons. The Balaban J connectivity index is 3.48. The zero-order valence-electron chi connectivity index (χ0n) is 15.2. The number of ether oxygens (including phenoxy) is 1. The first kappa shape index (κ1) is 16.6. The monoisotopic (exact) mass is 309 g/mol. The predicted molar refractivity (Wildman–Crippen MR) is 92.5 cm³/mol. The fourth-order valence-electron chi connectivity index (χ4n) is 2.34. The molecule has 118 valence electrons. The summed E-state index contributed by atoms with van der Waals surface area (Å²) < 4.78 is 12.6. The van der Waals surface area contributed by atoms with Crippen LogP contribution in [-0.2, 0) is 4.74 Å². The molecule has 0 heterocycles. The number of rotatable bonds is 6. The van der Waals surface area contributed by atoms with Crippen LogP contribution >= 0.6 is 11.8 Å². The van der Waals surface area contributed by atoms with Crippen LogP contribution in [-0.4, -0.2) is 18.1 Å². The highest BCUT2D eigenvalue weighted by Gasteiger charge is 2.22. The van der Waals surface area contributed by atoms with Crippen molar-refractivity contribution in [3.63, 3.8) is 0 Å². The Bertz CT molecular complexity index is 495. The van der Waals surface area contributed by atoms with Gasteiger partial charge in [-0.25, -0.2) is 0 Å². The minimum absolute atomic E-state index is 0.0652. The molecule has 1 rings (SSSR count). The van der Waals surface area contributed by atoms with Gasteiger partial charge in [0, 0.05) is 12.7 Å². The maximum atomic E-state index is 12.7. The first-order valence-corrected chi connectivity index (χ1v) is 8.40. The zero-order valence-corrected chi connectivity index (χ0v) is 15.0. The summed E-state index contributed by atoms with van der Waals surface area (Å²) in [6.07, 6.45) is 0. The Labute approximate surface area is 135 Å². The van der Waals surface area contributed by atoms with Crippen LogP contribution in [0.2, 0.25) is 0 Å². The molecule has 0 aliphatic carbocycles. The van der Waals surface area contributed by atoms with E-state index < -0.39 is 5.91 Å². The number of benzene rings is 1. The third-order valence-electron chi connectivity index (χ3n) is 3.59. The Morgan fingerprint density at radius 1 is 1.10 bits per heavy atom. The van der Waals surface area contributed by atoms with Crippen molar-refractivity contribution in [3.8, 4) is 0 Å². The summed E-state index contributed by atoms with van der Waals surface area (Å²) in [7, 11) is 1.45. The van der Waals surface area contributed by atoms with Gasteiger partial charge in [0.05, 0.1) is 7.29 Å². The lowest BCUT2D eigenvalue weighted by atomic mass is 9.85. The van der Waals surface area contributed by atoms with Crippen molar-refractivity contribution >= 4 is 16.9 Å². The third kappa shape index (κ3) is 4.58. The van der Waals surface area contributed by atoms with Gasteiger partial charge in [-0.2, -0.15) is 0 Å². The molecule has 21 heavy (non-hydrogen) atoms. The molecule has 0 spiro atoms. The number of hydrogen-bond donors (Lipinski definition) is 0. The second kappa shape index (κ2) is 8.00. The molecule has 0 amide bonds. The fraction of sp³-hybridized carbons (Fsp3) is 0.611. The van der Waals surface area contributed by atoms with Crippen LogP contribution < -0.4 is 0 Å². The number of hydrogen-bond acceptors (Lipinski definition) is 3. The van der Waals surface area contributed by atoms with Crippen LogP contribution in [0.1, 0.15) is 87.7 Å². The van der Waals surface area contributed by atoms with Crippen LogP contribution in [0.15, 0.2) is 12.1 Å². The minimum Gasteiger partial charge on any atom is -0.374 e. The van der Waals surface area contributed by atoms with Gasteiger partial charge >= 0.3 is 0 Å². The van der Waals surface area contributed by atoms with Crippen LogP contribution in [0.3, 0.4) is 0 Å². The van der Waals surface area contributed by atoms with E-state index in [-0.39, 0.29) is 17.0 Å². The normalized spacial score (nSPS) is 13.9. The predicted octanol–water partition coefficient (Wildman–Crippen LogP) is 5.53. The van der Waals surface area contributed by atoms with Gasteiger partial charge in [0.1, 0.15) is 0 Å². The SMILES string of the molecule is [2H]C(OC)SC(=O)c1c(C(C)C)cc(C(C)C)cc1C(C)C. The molecule has 2 nitrogen and oxygen atoms in total. The number of carbonyl (C=O) groups is 1. The van der Waals surface area contributed by atoms with E-state index in [4.69, 9.17) is 6.11 Å². The molecule has 0 saturated carbocycles. The molecule has 1 unspecified atom stereocenters. The van der Waals surface area contributed by atoms with Crippen LogP contribution in [0.4, 0.5) is 0 Å². The molecule has 0 aliphatic heterocycles. The highest BCUT2D eigenvalue weighted by molar-refractivity contribution is 8.14. The molecular formula is C18H28O2S. The quantitative estimate of drug-likeness (QED) is 0.646. The van der Waals surface area contributed by atoms with Gasteiger partial charge in [-0.3, -0.25) is 4.79 Å². The molecule has 0 aliphatic rings. The van der Waals surface area contributed by atoms with Crippen LogP contribution in [0, 0.1) is 0 Å². The maximum Gasteiger partial charge on any atom is 0.222 e. The first-order valence-electron chi connectivity index (χ1n) is 8.10. The highest BCUT2D eigenvalue weighted by Crippen LogP contribution is 2.34. The van der Waals surface area contributed by atoms with E-state index in [2.05, 4.69) is 53.7 Å². The Morgan fingerprint density at radius 3 is 1.90 bits per heavy atom. The van der Waals surface area contributed by atoms with Crippen molar-refractivity contribution in [2.45, 2.75) is 59.3 Å². The molecule has 1 atom stereocenters.